The molecule has 0 amide bonds. The van der Waals surface area contributed by atoms with E-state index in [0.717, 1.165) is 12.0 Å². The summed E-state index contributed by atoms with van der Waals surface area (Å²) in [5, 5.41) is 45.6. The van der Waals surface area contributed by atoms with Crippen molar-refractivity contribution in [2.24, 2.45) is 44.3 Å². The molecular weight excluding hydrogens is 733 g/mol. The minimum absolute atomic E-state index is 0.114. The number of nitrogens with zero attached hydrogens (tertiary/aromatic N) is 1. The number of nitrogens with two attached hydrogens (primary N) is 1. The molecule has 0 radical (unpaired) electrons. The number of aliphatic hydroxyl groups excluding tert-OH is 2. The third-order valence-corrected chi connectivity index (χ3v) is 15.6. The summed E-state index contributed by atoms with van der Waals surface area (Å²) in [6.45, 7) is 11.8. The number of carbonyl (C=O) groups is 2. The maximum absolute atomic E-state index is 13.3. The van der Waals surface area contributed by atoms with Crippen LogP contribution in [-0.2, 0) is 23.8 Å². The van der Waals surface area contributed by atoms with Crippen LogP contribution in [-0.4, -0.2) is 98.2 Å². The lowest BCUT2D eigenvalue weighted by Gasteiger charge is -2.73. The molecule has 9 atom stereocenters. The Bertz CT molecular complexity index is 1310. The number of hydrogen-bond acceptors (Lipinski definition) is 11. The molecule has 4 aliphatic carbocycles. The number of halogens is 1. The van der Waals surface area contributed by atoms with Gasteiger partial charge in [-0.15, -0.1) is 0 Å². The van der Waals surface area contributed by atoms with Gasteiger partial charge in [0.05, 0.1) is 32.3 Å². The monoisotopic (exact) mass is 791 g/mol. The molecule has 13 heteroatoms. The van der Waals surface area contributed by atoms with Gasteiger partial charge in [0, 0.05) is 45.7 Å². The lowest BCUT2D eigenvalue weighted by atomic mass is 9.35. The first-order valence-corrected chi connectivity index (χ1v) is 18.2. The minimum Gasteiger partial charge on any atom is -0.481 e. The summed E-state index contributed by atoms with van der Waals surface area (Å²) in [6, 6.07) is 0. The van der Waals surface area contributed by atoms with Crippen LogP contribution in [0.5, 0.6) is 0 Å². The van der Waals surface area contributed by atoms with Gasteiger partial charge < -0.3 is 40.4 Å². The molecule has 4 aliphatic rings. The number of rotatable bonds is 12. The Labute approximate surface area is 298 Å². The molecule has 7 N–H and O–H groups in total. The smallest absolute Gasteiger partial charge is 0.308 e. The fourth-order valence-corrected chi connectivity index (χ4v) is 13.1. The number of nitrogens with one attached hydrogen (secondary N) is 1. The number of methoxy groups -OCH3 is 1. The summed E-state index contributed by atoms with van der Waals surface area (Å²) in [6.07, 6.45) is 3.90. The number of hydrogen-bond donors (Lipinski definition) is 6. The zero-order chi connectivity index (χ0) is 36.4. The van der Waals surface area contributed by atoms with Gasteiger partial charge in [0.25, 0.3) is 0 Å². The Morgan fingerprint density at radius 2 is 1.77 bits per heavy atom. The van der Waals surface area contributed by atoms with E-state index in [1.165, 1.54) is 6.92 Å². The van der Waals surface area contributed by atoms with Crippen molar-refractivity contribution in [3.05, 3.63) is 11.6 Å². The van der Waals surface area contributed by atoms with Crippen LogP contribution in [0.15, 0.2) is 16.8 Å². The molecule has 0 saturated heterocycles. The summed E-state index contributed by atoms with van der Waals surface area (Å²) in [7, 11) is 1.58. The van der Waals surface area contributed by atoms with Crippen LogP contribution >= 0.6 is 22.6 Å². The predicted molar refractivity (Wildman–Crippen MR) is 187 cm³/mol. The third kappa shape index (κ3) is 5.42. The molecule has 0 aromatic carbocycles. The Morgan fingerprint density at radius 3 is 2.27 bits per heavy atom. The largest absolute Gasteiger partial charge is 0.481 e. The first-order valence-electron chi connectivity index (χ1n) is 17.1. The zero-order valence-electron chi connectivity index (χ0n) is 29.9. The number of allylic oxidation sites excluding steroid dienone is 1. The number of ether oxygens (including phenoxy) is 3. The fraction of sp³-hybridized carbons (Fsp3) is 0.886. The molecule has 2 unspecified atom stereocenters. The number of esters is 1. The molecule has 4 rings (SSSR count). The van der Waals surface area contributed by atoms with Gasteiger partial charge in [-0.1, -0.05) is 70.2 Å². The van der Waals surface area contributed by atoms with E-state index in [1.807, 2.05) is 13.8 Å². The van der Waals surface area contributed by atoms with Gasteiger partial charge in [-0.25, -0.2) is 5.53 Å². The summed E-state index contributed by atoms with van der Waals surface area (Å²) in [4.78, 5) is 25.9. The normalized spacial score (nSPS) is 42.2. The second-order valence-electron chi connectivity index (χ2n) is 16.8. The average Bonchev–Trinajstić information content (AvgIpc) is 2.97. The van der Waals surface area contributed by atoms with E-state index in [9.17, 15) is 30.0 Å². The van der Waals surface area contributed by atoms with Gasteiger partial charge in [0.15, 0.2) is 0 Å². The molecular formula is C35H58IN3O9. The van der Waals surface area contributed by atoms with Gasteiger partial charge >= 0.3 is 11.9 Å². The van der Waals surface area contributed by atoms with Gasteiger partial charge in [0.2, 0.25) is 0 Å². The summed E-state index contributed by atoms with van der Waals surface area (Å²) >= 11 is 2.42. The molecule has 3 saturated carbocycles. The maximum Gasteiger partial charge on any atom is 0.308 e. The number of carboxylic acids is 1. The molecule has 0 heterocycles. The number of aliphatic carboxylic acids is 1. The summed E-state index contributed by atoms with van der Waals surface area (Å²) in [5.41, 5.74) is 10.3. The number of fused-ring (bicyclic) bond motifs is 5. The number of alkyl halides is 1. The van der Waals surface area contributed by atoms with Crippen LogP contribution in [0.4, 0.5) is 0 Å². The number of carboxylic acid groups (broad SMARTS) is 1. The Morgan fingerprint density at radius 1 is 1.15 bits per heavy atom. The number of carbonyl (C=O) groups excluding carboxylic acids is 1. The quantitative estimate of drug-likeness (QED) is 0.0541. The molecule has 0 aliphatic heterocycles. The van der Waals surface area contributed by atoms with Crippen molar-refractivity contribution in [2.75, 3.05) is 33.5 Å². The average molecular weight is 792 g/mol. The first-order chi connectivity index (χ1) is 22.1. The van der Waals surface area contributed by atoms with Crippen LogP contribution in [0.1, 0.15) is 93.4 Å². The number of aliphatic hydroxyl groups is 3. The van der Waals surface area contributed by atoms with Crippen molar-refractivity contribution in [3.63, 3.8) is 0 Å². The van der Waals surface area contributed by atoms with E-state index >= 15 is 0 Å². The van der Waals surface area contributed by atoms with Crippen LogP contribution in [0, 0.1) is 39.0 Å². The maximum atomic E-state index is 13.3. The SMILES string of the molecule is COC[C@]12C[C@@H](OC(C)=O)[C@H](OCC(O)(CO)CO)C(C)(C)C1(N=N)CC[C@@]1(N)C2=CC[C@@]2(I)[C@H](C(=O)O)[C@@](C)(CC(C)C)CCC12C. The molecule has 48 heavy (non-hydrogen) atoms. The highest BCUT2D eigenvalue weighted by Gasteiger charge is 2.79. The predicted octanol–water partition coefficient (Wildman–Crippen LogP) is 4.40. The van der Waals surface area contributed by atoms with E-state index in [4.69, 9.17) is 25.5 Å². The van der Waals surface area contributed by atoms with Crippen LogP contribution in [0.3, 0.4) is 0 Å². The van der Waals surface area contributed by atoms with E-state index in [2.05, 4.69) is 61.5 Å². The molecule has 0 spiro atoms. The van der Waals surface area contributed by atoms with E-state index < -0.39 is 91.6 Å². The second-order valence-corrected chi connectivity index (χ2v) is 18.8. The van der Waals surface area contributed by atoms with Gasteiger partial charge in [0.1, 0.15) is 23.3 Å². The Kier molecular flexibility index (Phi) is 10.8. The van der Waals surface area contributed by atoms with Crippen LogP contribution < -0.4 is 5.73 Å². The van der Waals surface area contributed by atoms with Crippen molar-refractivity contribution < 1.29 is 44.2 Å². The van der Waals surface area contributed by atoms with Crippen molar-refractivity contribution in [2.45, 2.75) is 126 Å². The van der Waals surface area contributed by atoms with Crippen molar-refractivity contribution in [1.82, 2.24) is 0 Å². The summed E-state index contributed by atoms with van der Waals surface area (Å²) < 4.78 is 17.6. The van der Waals surface area contributed by atoms with Gasteiger partial charge in [-0.3, -0.25) is 9.59 Å². The summed E-state index contributed by atoms with van der Waals surface area (Å²) in [5.74, 6) is -1.68. The van der Waals surface area contributed by atoms with Crippen LogP contribution in [0.25, 0.3) is 0 Å². The van der Waals surface area contributed by atoms with Gasteiger partial charge in [-0.2, -0.15) is 5.11 Å². The van der Waals surface area contributed by atoms with E-state index in [0.29, 0.717) is 38.0 Å². The molecule has 0 aromatic rings. The standard InChI is InChI=1S/C35H58IN3O9/c1-21(2)15-29(6)11-12-30(7)33(36,25(29)27(43)44)10-9-24-32(20-46-8)16-23(48-22(3)42)26(47-19-31(45,17-40)18-41)28(4,5)35(32,39-38)14-13-34(24,30)37/h9,21,23,25-26,38,40-41,45H,10-20,37H2,1-8H3,(H,43,44)/t23-,25-,26+,29-,30?,32+,33-,34-,35?/m1/s1. The lowest BCUT2D eigenvalue weighted by Crippen LogP contribution is -2.80. The van der Waals surface area contributed by atoms with Gasteiger partial charge in [-0.05, 0) is 55.4 Å². The Balaban J connectivity index is 1.96. The highest BCUT2D eigenvalue weighted by atomic mass is 127. The molecule has 274 valence electrons. The first kappa shape index (κ1) is 39.6. The highest BCUT2D eigenvalue weighted by Crippen LogP contribution is 2.75. The Hall–Kier alpha value is -1.23. The van der Waals surface area contributed by atoms with Crippen molar-refractivity contribution in [1.29, 1.82) is 5.53 Å². The molecule has 3 fully saturated rings. The third-order valence-electron chi connectivity index (χ3n) is 13.3. The highest BCUT2D eigenvalue weighted by molar-refractivity contribution is 14.1. The topological polar surface area (TPSA) is 205 Å². The zero-order valence-corrected chi connectivity index (χ0v) is 32.1. The molecule has 0 bridgehead atoms. The molecule has 12 nitrogen and oxygen atoms in total. The van der Waals surface area contributed by atoms with Crippen molar-refractivity contribution in [3.8, 4) is 0 Å². The molecule has 0 aromatic heterocycles. The van der Waals surface area contributed by atoms with Crippen LogP contribution in [0.2, 0.25) is 0 Å². The van der Waals surface area contributed by atoms with Crippen molar-refractivity contribution >= 4 is 34.5 Å². The lowest BCUT2D eigenvalue weighted by molar-refractivity contribution is -0.239. The second kappa shape index (κ2) is 13.1. The van der Waals surface area contributed by atoms with E-state index in [1.54, 1.807) is 7.11 Å². The fourth-order valence-electron chi connectivity index (χ4n) is 11.1. The van der Waals surface area contributed by atoms with E-state index in [-0.39, 0.29) is 13.0 Å². The minimum atomic E-state index is -1.93.